The third kappa shape index (κ3) is 4.92. The maximum Gasteiger partial charge on any atom is 0.417 e. The summed E-state index contributed by atoms with van der Waals surface area (Å²) in [5, 5.41) is 6.62. The van der Waals surface area contributed by atoms with Gasteiger partial charge in [0.25, 0.3) is 0 Å². The molecule has 3 aromatic rings. The Labute approximate surface area is 192 Å². The van der Waals surface area contributed by atoms with E-state index in [9.17, 15) is 22.8 Å². The molecule has 0 spiro atoms. The van der Waals surface area contributed by atoms with Crippen molar-refractivity contribution in [2.45, 2.75) is 49.3 Å². The van der Waals surface area contributed by atoms with Gasteiger partial charge in [0.2, 0.25) is 11.1 Å². The molecule has 2 aromatic carbocycles. The summed E-state index contributed by atoms with van der Waals surface area (Å²) in [6, 6.07) is 6.68. The minimum Gasteiger partial charge on any atom is -0.496 e. The number of nitrogens with two attached hydrogens (primary N) is 1. The second-order valence-electron chi connectivity index (χ2n) is 8.41. The largest absolute Gasteiger partial charge is 0.496 e. The summed E-state index contributed by atoms with van der Waals surface area (Å²) >= 11 is 0.930. The standard InChI is InChI=1S/C22H23F3N4O3S/c1-11-8-16(15(21(2,3)4)10-17(11)32-5)29-19(31)27-28-20(29)33-12-6-7-14(22(23,24)25)13(9-12)18(26)30/h6-10H,1-5H3,(H2,26,30)(H,27,31). The highest BCUT2D eigenvalue weighted by Crippen LogP contribution is 2.38. The normalized spacial score (nSPS) is 12.1. The lowest BCUT2D eigenvalue weighted by Crippen LogP contribution is -2.22. The number of carbonyl (C=O) groups is 1. The number of aromatic nitrogens is 3. The number of nitrogens with one attached hydrogen (secondary N) is 1. The molecular weight excluding hydrogens is 457 g/mol. The van der Waals surface area contributed by atoms with Crippen LogP contribution in [-0.2, 0) is 11.6 Å². The van der Waals surface area contributed by atoms with E-state index in [-0.39, 0.29) is 15.5 Å². The first kappa shape index (κ1) is 24.4. The van der Waals surface area contributed by atoms with Gasteiger partial charge in [0.05, 0.1) is 23.9 Å². The smallest absolute Gasteiger partial charge is 0.417 e. The van der Waals surface area contributed by atoms with Crippen LogP contribution in [0.1, 0.15) is 47.8 Å². The number of carbonyl (C=O) groups excluding carboxylic acids is 1. The van der Waals surface area contributed by atoms with Crippen molar-refractivity contribution in [2.75, 3.05) is 7.11 Å². The molecule has 0 saturated heterocycles. The van der Waals surface area contributed by atoms with Crippen LogP contribution in [0.2, 0.25) is 0 Å². The third-order valence-corrected chi connectivity index (χ3v) is 5.92. The predicted molar refractivity (Wildman–Crippen MR) is 118 cm³/mol. The molecule has 0 atom stereocenters. The van der Waals surface area contributed by atoms with Crippen LogP contribution in [-0.4, -0.2) is 27.8 Å². The lowest BCUT2D eigenvalue weighted by atomic mass is 9.85. The zero-order valence-corrected chi connectivity index (χ0v) is 19.4. The zero-order chi connectivity index (χ0) is 24.7. The van der Waals surface area contributed by atoms with Gasteiger partial charge in [0.1, 0.15) is 5.75 Å². The van der Waals surface area contributed by atoms with Crippen molar-refractivity contribution in [1.29, 1.82) is 0 Å². The molecule has 0 radical (unpaired) electrons. The Morgan fingerprint density at radius 3 is 2.36 bits per heavy atom. The summed E-state index contributed by atoms with van der Waals surface area (Å²) in [5.74, 6) is -0.548. The number of rotatable bonds is 5. The third-order valence-electron chi connectivity index (χ3n) is 4.97. The van der Waals surface area contributed by atoms with Crippen LogP contribution in [0, 0.1) is 6.92 Å². The highest BCUT2D eigenvalue weighted by atomic mass is 32.2. The summed E-state index contributed by atoms with van der Waals surface area (Å²) < 4.78 is 46.5. The van der Waals surface area contributed by atoms with Crippen molar-refractivity contribution in [3.8, 4) is 11.4 Å². The molecule has 1 aromatic heterocycles. The lowest BCUT2D eigenvalue weighted by Gasteiger charge is -2.25. The number of aryl methyl sites for hydroxylation is 1. The summed E-state index contributed by atoms with van der Waals surface area (Å²) in [6.45, 7) is 7.77. The van der Waals surface area contributed by atoms with Crippen LogP contribution >= 0.6 is 11.8 Å². The second-order valence-corrected chi connectivity index (χ2v) is 9.45. The summed E-state index contributed by atoms with van der Waals surface area (Å²) in [4.78, 5) is 24.6. The fourth-order valence-corrected chi connectivity index (χ4v) is 4.27. The molecule has 0 aliphatic heterocycles. The van der Waals surface area contributed by atoms with E-state index >= 15 is 0 Å². The molecule has 0 bridgehead atoms. The van der Waals surface area contributed by atoms with Crippen LogP contribution in [0.25, 0.3) is 5.69 Å². The van der Waals surface area contributed by atoms with Gasteiger partial charge in [0.15, 0.2) is 0 Å². The molecule has 11 heteroatoms. The van der Waals surface area contributed by atoms with E-state index in [0.717, 1.165) is 35.0 Å². The second kappa shape index (κ2) is 8.62. The Bertz CT molecular complexity index is 1270. The van der Waals surface area contributed by atoms with Crippen molar-refractivity contribution in [3.63, 3.8) is 0 Å². The Balaban J connectivity index is 2.16. The highest BCUT2D eigenvalue weighted by Gasteiger charge is 2.35. The van der Waals surface area contributed by atoms with E-state index in [1.165, 1.54) is 10.6 Å². The summed E-state index contributed by atoms with van der Waals surface area (Å²) in [6.07, 6.45) is -4.73. The van der Waals surface area contributed by atoms with Gasteiger partial charge in [-0.25, -0.2) is 14.5 Å². The Morgan fingerprint density at radius 2 is 1.82 bits per heavy atom. The number of primary amides is 1. The number of hydrogen-bond acceptors (Lipinski definition) is 5. The van der Waals surface area contributed by atoms with E-state index in [0.29, 0.717) is 11.4 Å². The number of ether oxygens (including phenoxy) is 1. The zero-order valence-electron chi connectivity index (χ0n) is 18.6. The SMILES string of the molecule is COc1cc(C(C)(C)C)c(-n2c(Sc3ccc(C(F)(F)F)c(C(N)=O)c3)n[nH]c2=O)cc1C. The van der Waals surface area contributed by atoms with Gasteiger partial charge in [-0.1, -0.05) is 20.8 Å². The average molecular weight is 481 g/mol. The number of hydrogen-bond donors (Lipinski definition) is 2. The van der Waals surface area contributed by atoms with Gasteiger partial charge in [-0.3, -0.25) is 4.79 Å². The van der Waals surface area contributed by atoms with Gasteiger partial charge in [-0.15, -0.1) is 5.10 Å². The number of nitrogens with zero attached hydrogens (tertiary/aromatic N) is 2. The molecule has 0 unspecified atom stereocenters. The number of amides is 1. The number of aromatic amines is 1. The molecule has 7 nitrogen and oxygen atoms in total. The van der Waals surface area contributed by atoms with Gasteiger partial charge in [-0.05, 0) is 65.6 Å². The molecule has 0 fully saturated rings. The maximum absolute atomic E-state index is 13.2. The number of alkyl halides is 3. The molecule has 176 valence electrons. The molecule has 0 aliphatic carbocycles. The average Bonchev–Trinajstić information content (AvgIpc) is 3.05. The predicted octanol–water partition coefficient (Wildman–Crippen LogP) is 4.44. The van der Waals surface area contributed by atoms with Gasteiger partial charge in [-0.2, -0.15) is 13.2 Å². The minimum absolute atomic E-state index is 0.185. The van der Waals surface area contributed by atoms with Crippen molar-refractivity contribution in [1.82, 2.24) is 14.8 Å². The Hall–Kier alpha value is -3.21. The van der Waals surface area contributed by atoms with Crippen molar-refractivity contribution < 1.29 is 22.7 Å². The summed E-state index contributed by atoms with van der Waals surface area (Å²) in [5.41, 5.74) is 4.65. The first-order chi connectivity index (χ1) is 15.2. The fraction of sp³-hybridized carbons (Fsp3) is 0.318. The van der Waals surface area contributed by atoms with E-state index in [2.05, 4.69) is 10.2 Å². The fourth-order valence-electron chi connectivity index (χ4n) is 3.39. The lowest BCUT2D eigenvalue weighted by molar-refractivity contribution is -0.137. The first-order valence-electron chi connectivity index (χ1n) is 9.80. The number of methoxy groups -OCH3 is 1. The molecule has 33 heavy (non-hydrogen) atoms. The topological polar surface area (TPSA) is 103 Å². The Kier molecular flexibility index (Phi) is 6.38. The first-order valence-corrected chi connectivity index (χ1v) is 10.6. The van der Waals surface area contributed by atoms with Gasteiger partial charge >= 0.3 is 11.9 Å². The van der Waals surface area contributed by atoms with Crippen LogP contribution in [0.15, 0.2) is 45.2 Å². The number of benzene rings is 2. The van der Waals surface area contributed by atoms with E-state index < -0.39 is 28.9 Å². The van der Waals surface area contributed by atoms with E-state index in [1.807, 2.05) is 33.8 Å². The number of halogens is 3. The summed E-state index contributed by atoms with van der Waals surface area (Å²) in [7, 11) is 1.56. The molecular formula is C22H23F3N4O3S. The van der Waals surface area contributed by atoms with E-state index in [4.69, 9.17) is 10.5 Å². The van der Waals surface area contributed by atoms with Crippen molar-refractivity contribution in [2.24, 2.45) is 5.73 Å². The number of H-pyrrole nitrogens is 1. The van der Waals surface area contributed by atoms with Crippen LogP contribution < -0.4 is 16.2 Å². The molecule has 0 saturated carbocycles. The monoisotopic (exact) mass is 480 g/mol. The Morgan fingerprint density at radius 1 is 1.15 bits per heavy atom. The van der Waals surface area contributed by atoms with Crippen LogP contribution in [0.4, 0.5) is 13.2 Å². The van der Waals surface area contributed by atoms with Crippen molar-refractivity contribution >= 4 is 17.7 Å². The molecule has 3 N–H and O–H groups in total. The molecule has 1 heterocycles. The molecule has 0 aliphatic rings. The van der Waals surface area contributed by atoms with Crippen LogP contribution in [0.5, 0.6) is 5.75 Å². The quantitative estimate of drug-likeness (QED) is 0.562. The van der Waals surface area contributed by atoms with Crippen LogP contribution in [0.3, 0.4) is 0 Å². The van der Waals surface area contributed by atoms with Gasteiger partial charge in [0, 0.05) is 4.90 Å². The van der Waals surface area contributed by atoms with Gasteiger partial charge < -0.3 is 10.5 Å². The molecule has 3 rings (SSSR count). The molecule has 1 amide bonds. The maximum atomic E-state index is 13.2. The van der Waals surface area contributed by atoms with Crippen molar-refractivity contribution in [3.05, 3.63) is 63.1 Å². The highest BCUT2D eigenvalue weighted by molar-refractivity contribution is 7.99. The van der Waals surface area contributed by atoms with E-state index in [1.54, 1.807) is 13.2 Å². The minimum atomic E-state index is -4.73.